The van der Waals surface area contributed by atoms with E-state index >= 15 is 0 Å². The van der Waals surface area contributed by atoms with Crippen LogP contribution in [0, 0.1) is 5.92 Å². The summed E-state index contributed by atoms with van der Waals surface area (Å²) < 4.78 is 5.40. The molecule has 0 saturated carbocycles. The minimum absolute atomic E-state index is 0.390. The molecule has 2 heteroatoms. The number of hydrogen-bond donors (Lipinski definition) is 0. The number of nitrogens with zero attached hydrogens (tertiary/aromatic N) is 1. The van der Waals surface area contributed by atoms with E-state index in [0.717, 1.165) is 5.92 Å². The lowest BCUT2D eigenvalue weighted by Crippen LogP contribution is -2.40. The molecule has 1 aliphatic rings. The first-order valence-electron chi connectivity index (χ1n) is 5.42. The predicted molar refractivity (Wildman–Crippen MR) is 55.9 cm³/mol. The summed E-state index contributed by atoms with van der Waals surface area (Å²) in [5.74, 6) is 0.768. The number of likely N-dealkylation sites (tertiary alicyclic amines) is 1. The molecule has 0 unspecified atom stereocenters. The third kappa shape index (κ3) is 2.96. The van der Waals surface area contributed by atoms with E-state index < -0.39 is 0 Å². The Labute approximate surface area is 82.3 Å². The molecular weight excluding hydrogens is 162 g/mol. The summed E-state index contributed by atoms with van der Waals surface area (Å²) in [5, 5.41) is 0. The summed E-state index contributed by atoms with van der Waals surface area (Å²) in [4.78, 5) is 2.58. The molecule has 1 fully saturated rings. The summed E-state index contributed by atoms with van der Waals surface area (Å²) in [6.07, 6.45) is 3.04. The molecular formula is C11H23NO. The number of hydrogen-bond acceptors (Lipinski definition) is 2. The van der Waals surface area contributed by atoms with Crippen LogP contribution in [0.3, 0.4) is 0 Å². The van der Waals surface area contributed by atoms with Crippen LogP contribution in [-0.2, 0) is 4.74 Å². The molecule has 1 rings (SSSR count). The minimum Gasteiger partial charge on any atom is -0.380 e. The van der Waals surface area contributed by atoms with Crippen molar-refractivity contribution < 1.29 is 4.74 Å². The Morgan fingerprint density at radius 2 is 2.08 bits per heavy atom. The van der Waals surface area contributed by atoms with Crippen molar-refractivity contribution in [2.75, 3.05) is 20.2 Å². The Morgan fingerprint density at radius 3 is 2.62 bits per heavy atom. The van der Waals surface area contributed by atoms with Gasteiger partial charge < -0.3 is 4.74 Å². The summed E-state index contributed by atoms with van der Waals surface area (Å²) >= 11 is 0. The third-order valence-electron chi connectivity index (χ3n) is 2.93. The second-order valence-corrected chi connectivity index (χ2v) is 4.54. The molecule has 0 bridgehead atoms. The second-order valence-electron chi connectivity index (χ2n) is 4.54. The van der Waals surface area contributed by atoms with Crippen molar-refractivity contribution in [3.8, 4) is 0 Å². The molecule has 1 heterocycles. The van der Waals surface area contributed by atoms with Crippen LogP contribution >= 0.6 is 0 Å². The maximum Gasteiger partial charge on any atom is 0.0698 e. The van der Waals surface area contributed by atoms with Gasteiger partial charge in [-0.25, -0.2) is 0 Å². The van der Waals surface area contributed by atoms with Crippen molar-refractivity contribution in [3.05, 3.63) is 0 Å². The van der Waals surface area contributed by atoms with Crippen molar-refractivity contribution in [3.63, 3.8) is 0 Å². The van der Waals surface area contributed by atoms with E-state index in [1.54, 1.807) is 0 Å². The maximum atomic E-state index is 5.40. The molecule has 0 aromatic rings. The van der Waals surface area contributed by atoms with Crippen LogP contribution in [0.1, 0.15) is 33.6 Å². The fraction of sp³-hybridized carbons (Fsp3) is 1.00. The summed E-state index contributed by atoms with van der Waals surface area (Å²) in [6.45, 7) is 9.23. The zero-order valence-electron chi connectivity index (χ0n) is 9.42. The molecule has 1 saturated heterocycles. The van der Waals surface area contributed by atoms with E-state index in [1.165, 1.54) is 25.9 Å². The molecule has 13 heavy (non-hydrogen) atoms. The highest BCUT2D eigenvalue weighted by Crippen LogP contribution is 2.22. The lowest BCUT2D eigenvalue weighted by atomic mass is 10.1. The van der Waals surface area contributed by atoms with Gasteiger partial charge >= 0.3 is 0 Å². The quantitative estimate of drug-likeness (QED) is 0.665. The van der Waals surface area contributed by atoms with E-state index in [2.05, 4.69) is 25.7 Å². The van der Waals surface area contributed by atoms with Crippen LogP contribution in [0.15, 0.2) is 0 Å². The Hall–Kier alpha value is -0.0800. The topological polar surface area (TPSA) is 12.5 Å². The van der Waals surface area contributed by atoms with Crippen LogP contribution in [0.25, 0.3) is 0 Å². The molecule has 2 atom stereocenters. The number of methoxy groups -OCH3 is 1. The Morgan fingerprint density at radius 1 is 1.38 bits per heavy atom. The van der Waals surface area contributed by atoms with E-state index in [1.807, 2.05) is 7.11 Å². The van der Waals surface area contributed by atoms with E-state index in [0.29, 0.717) is 12.1 Å². The number of rotatable bonds is 4. The molecule has 1 aliphatic heterocycles. The van der Waals surface area contributed by atoms with Crippen LogP contribution in [0.2, 0.25) is 0 Å². The summed E-state index contributed by atoms with van der Waals surface area (Å²) in [5.41, 5.74) is 0. The Kier molecular flexibility index (Phi) is 4.20. The molecule has 0 aliphatic carbocycles. The van der Waals surface area contributed by atoms with Gasteiger partial charge in [0.05, 0.1) is 6.10 Å². The van der Waals surface area contributed by atoms with Crippen molar-refractivity contribution >= 4 is 0 Å². The van der Waals surface area contributed by atoms with Crippen LogP contribution < -0.4 is 0 Å². The van der Waals surface area contributed by atoms with Crippen LogP contribution in [0.4, 0.5) is 0 Å². The normalized spacial score (nSPS) is 27.0. The molecule has 78 valence electrons. The molecule has 0 spiro atoms. The SMILES string of the molecule is CO[C@@H](C)[C@H]1CCCN1CC(C)C. The smallest absolute Gasteiger partial charge is 0.0698 e. The highest BCUT2D eigenvalue weighted by atomic mass is 16.5. The monoisotopic (exact) mass is 185 g/mol. The summed E-state index contributed by atoms with van der Waals surface area (Å²) in [6, 6.07) is 0.660. The molecule has 2 nitrogen and oxygen atoms in total. The van der Waals surface area contributed by atoms with Gasteiger partial charge in [0.2, 0.25) is 0 Å². The van der Waals surface area contributed by atoms with Gasteiger partial charge in [0, 0.05) is 19.7 Å². The van der Waals surface area contributed by atoms with Gasteiger partial charge in [0.15, 0.2) is 0 Å². The van der Waals surface area contributed by atoms with E-state index in [4.69, 9.17) is 4.74 Å². The third-order valence-corrected chi connectivity index (χ3v) is 2.93. The molecule has 0 radical (unpaired) electrons. The fourth-order valence-electron chi connectivity index (χ4n) is 2.24. The molecule has 0 amide bonds. The van der Waals surface area contributed by atoms with Gasteiger partial charge in [-0.3, -0.25) is 4.90 Å². The maximum absolute atomic E-state index is 5.40. The average molecular weight is 185 g/mol. The highest BCUT2D eigenvalue weighted by Gasteiger charge is 2.29. The standard InChI is InChI=1S/C11H23NO/c1-9(2)8-12-7-5-6-11(12)10(3)13-4/h9-11H,5-8H2,1-4H3/t10-,11+/m0/s1. The Balaban J connectivity index is 2.43. The van der Waals surface area contributed by atoms with E-state index in [9.17, 15) is 0 Å². The summed E-state index contributed by atoms with van der Waals surface area (Å²) in [7, 11) is 1.82. The van der Waals surface area contributed by atoms with Gasteiger partial charge in [-0.05, 0) is 32.2 Å². The first-order valence-corrected chi connectivity index (χ1v) is 5.42. The van der Waals surface area contributed by atoms with Gasteiger partial charge in [0.1, 0.15) is 0 Å². The zero-order valence-corrected chi connectivity index (χ0v) is 9.42. The minimum atomic E-state index is 0.390. The zero-order chi connectivity index (χ0) is 9.84. The van der Waals surface area contributed by atoms with Crippen molar-refractivity contribution in [2.24, 2.45) is 5.92 Å². The Bertz CT molecular complexity index is 147. The molecule has 0 N–H and O–H groups in total. The largest absolute Gasteiger partial charge is 0.380 e. The fourth-order valence-corrected chi connectivity index (χ4v) is 2.24. The van der Waals surface area contributed by atoms with Crippen molar-refractivity contribution in [1.29, 1.82) is 0 Å². The van der Waals surface area contributed by atoms with Crippen molar-refractivity contribution in [1.82, 2.24) is 4.90 Å². The van der Waals surface area contributed by atoms with Crippen LogP contribution in [0.5, 0.6) is 0 Å². The van der Waals surface area contributed by atoms with E-state index in [-0.39, 0.29) is 0 Å². The van der Waals surface area contributed by atoms with Gasteiger partial charge in [-0.1, -0.05) is 13.8 Å². The molecule has 0 aromatic carbocycles. The first kappa shape index (κ1) is 11.0. The highest BCUT2D eigenvalue weighted by molar-refractivity contribution is 4.83. The first-order chi connectivity index (χ1) is 6.15. The van der Waals surface area contributed by atoms with Gasteiger partial charge in [-0.2, -0.15) is 0 Å². The second kappa shape index (κ2) is 4.97. The van der Waals surface area contributed by atoms with Gasteiger partial charge in [-0.15, -0.1) is 0 Å². The number of ether oxygens (including phenoxy) is 1. The average Bonchev–Trinajstić information content (AvgIpc) is 2.50. The lowest BCUT2D eigenvalue weighted by Gasteiger charge is -2.29. The van der Waals surface area contributed by atoms with Gasteiger partial charge in [0.25, 0.3) is 0 Å². The lowest BCUT2D eigenvalue weighted by molar-refractivity contribution is 0.0400. The molecule has 0 aromatic heterocycles. The van der Waals surface area contributed by atoms with Crippen LogP contribution in [-0.4, -0.2) is 37.2 Å². The predicted octanol–water partition coefficient (Wildman–Crippen LogP) is 2.14. The van der Waals surface area contributed by atoms with Crippen molar-refractivity contribution in [2.45, 2.75) is 45.8 Å².